The highest BCUT2D eigenvalue weighted by atomic mass is 15.0. The van der Waals surface area contributed by atoms with E-state index >= 15 is 0 Å². The maximum atomic E-state index is 2.42. The highest BCUT2D eigenvalue weighted by Crippen LogP contribution is 2.43. The van der Waals surface area contributed by atoms with Gasteiger partial charge in [-0.15, -0.1) is 0 Å². The molecule has 0 atom stereocenters. The van der Waals surface area contributed by atoms with Crippen molar-refractivity contribution in [2.24, 2.45) is 0 Å². The molecule has 20 rings (SSSR count). The predicted octanol–water partition coefficient (Wildman–Crippen LogP) is 25.7. The Balaban J connectivity index is 0.556. The summed E-state index contributed by atoms with van der Waals surface area (Å²) in [4.78, 5) is 0. The van der Waals surface area contributed by atoms with Gasteiger partial charge in [-0.2, -0.15) is 0 Å². The molecule has 4 aromatic heterocycles. The van der Waals surface area contributed by atoms with Crippen LogP contribution in [0, 0.1) is 0 Å². The molecule has 4 heteroatoms. The minimum absolute atomic E-state index is 1.13. The Kier molecular flexibility index (Phi) is 13.2. The third-order valence-electron chi connectivity index (χ3n) is 20.8. The summed E-state index contributed by atoms with van der Waals surface area (Å²) >= 11 is 0. The van der Waals surface area contributed by atoms with Gasteiger partial charge in [-0.3, -0.25) is 0 Å². The molecule has 0 saturated heterocycles. The number of aromatic nitrogens is 4. The summed E-state index contributed by atoms with van der Waals surface area (Å²) in [5.41, 5.74) is 30.8. The van der Waals surface area contributed by atoms with Crippen LogP contribution in [-0.2, 0) is 0 Å². The lowest BCUT2D eigenvalue weighted by atomic mass is 10.00. The molecule has 0 aliphatic rings. The highest BCUT2D eigenvalue weighted by molar-refractivity contribution is 6.15. The van der Waals surface area contributed by atoms with Crippen molar-refractivity contribution in [1.82, 2.24) is 18.3 Å². The van der Waals surface area contributed by atoms with Crippen LogP contribution < -0.4 is 0 Å². The van der Waals surface area contributed by atoms with Crippen LogP contribution in [0.25, 0.3) is 188 Å². The van der Waals surface area contributed by atoms with Crippen molar-refractivity contribution in [3.8, 4) is 101 Å². The molecule has 0 saturated carbocycles. The van der Waals surface area contributed by atoms with Gasteiger partial charge in [-0.1, -0.05) is 255 Å². The van der Waals surface area contributed by atoms with E-state index in [0.717, 1.165) is 22.7 Å². The minimum atomic E-state index is 1.13. The summed E-state index contributed by atoms with van der Waals surface area (Å²) in [5.74, 6) is 0. The molecule has 0 radical (unpaired) electrons. The number of rotatable bonds is 11. The molecule has 0 unspecified atom stereocenters. The Labute approximate surface area is 578 Å². The lowest BCUT2D eigenvalue weighted by Gasteiger charge is -2.11. The number of nitrogens with zero attached hydrogens (tertiary/aromatic N) is 4. The van der Waals surface area contributed by atoms with Crippen LogP contribution in [0.1, 0.15) is 0 Å². The van der Waals surface area contributed by atoms with Crippen molar-refractivity contribution < 1.29 is 0 Å². The smallest absolute Gasteiger partial charge is 0.0541 e. The molecule has 0 amide bonds. The van der Waals surface area contributed by atoms with E-state index in [2.05, 4.69) is 394 Å². The molecule has 16 aromatic carbocycles. The van der Waals surface area contributed by atoms with Gasteiger partial charge >= 0.3 is 0 Å². The molecule has 0 aliphatic carbocycles. The second kappa shape index (κ2) is 23.2. The first-order valence-electron chi connectivity index (χ1n) is 34.4. The SMILES string of the molecule is c1ccc(-c2ccc(-c3ccc(-n4c5ccccc5c5cc(-c6ccc7c(c6)c6ccccc6n7-c6ccc(-c7ccc(-c8ccc(-n9c%10ccccc%10c%10cc(-c%11ccc%12c(c%11)c%11ccccc%11n%12-c%11ccc(-c%12ccccc%12)cc%11)ccc%109)cc8)cc7)cc6)ccc54)cc3)cc2)cc1. The zero-order valence-corrected chi connectivity index (χ0v) is 54.6. The average molecular weight is 1270 g/mol. The third-order valence-corrected chi connectivity index (χ3v) is 20.8. The molecular weight excluding hydrogens is 1210 g/mol. The average Bonchev–Trinajstić information content (AvgIpc) is 1.59. The molecular formula is C96H62N4. The summed E-state index contributed by atoms with van der Waals surface area (Å²) in [7, 11) is 0. The molecule has 0 spiro atoms. The Morgan fingerprint density at radius 1 is 0.110 bits per heavy atom. The maximum absolute atomic E-state index is 2.42. The van der Waals surface area contributed by atoms with E-state index in [-0.39, 0.29) is 0 Å². The van der Waals surface area contributed by atoms with Gasteiger partial charge in [0.2, 0.25) is 0 Å². The van der Waals surface area contributed by atoms with Crippen LogP contribution in [0.15, 0.2) is 376 Å². The lowest BCUT2D eigenvalue weighted by molar-refractivity contribution is 1.18. The first-order valence-corrected chi connectivity index (χ1v) is 34.4. The van der Waals surface area contributed by atoms with Gasteiger partial charge in [0.25, 0.3) is 0 Å². The lowest BCUT2D eigenvalue weighted by Crippen LogP contribution is -1.94. The summed E-state index contributed by atoms with van der Waals surface area (Å²) in [5, 5.41) is 9.90. The third kappa shape index (κ3) is 9.45. The second-order valence-corrected chi connectivity index (χ2v) is 26.4. The predicted molar refractivity (Wildman–Crippen MR) is 422 cm³/mol. The summed E-state index contributed by atoms with van der Waals surface area (Å²) in [6, 6.07) is 138. The highest BCUT2D eigenvalue weighted by Gasteiger charge is 2.20. The van der Waals surface area contributed by atoms with Gasteiger partial charge < -0.3 is 18.3 Å². The number of para-hydroxylation sites is 4. The fourth-order valence-corrected chi connectivity index (χ4v) is 15.9. The topological polar surface area (TPSA) is 19.7 Å². The van der Waals surface area contributed by atoms with Crippen LogP contribution in [-0.4, -0.2) is 18.3 Å². The first-order chi connectivity index (χ1) is 49.6. The van der Waals surface area contributed by atoms with E-state index in [1.807, 2.05) is 0 Å². The van der Waals surface area contributed by atoms with Gasteiger partial charge in [-0.25, -0.2) is 0 Å². The molecule has 0 aliphatic heterocycles. The van der Waals surface area contributed by atoms with Gasteiger partial charge in [0.15, 0.2) is 0 Å². The van der Waals surface area contributed by atoms with E-state index in [4.69, 9.17) is 0 Å². The zero-order chi connectivity index (χ0) is 65.8. The number of hydrogen-bond donors (Lipinski definition) is 0. The van der Waals surface area contributed by atoms with Gasteiger partial charge in [0.1, 0.15) is 0 Å². The monoisotopic (exact) mass is 1270 g/mol. The van der Waals surface area contributed by atoms with Gasteiger partial charge in [0.05, 0.1) is 44.1 Å². The molecule has 466 valence electrons. The van der Waals surface area contributed by atoms with Crippen LogP contribution >= 0.6 is 0 Å². The van der Waals surface area contributed by atoms with Crippen molar-refractivity contribution in [2.45, 2.75) is 0 Å². The molecule has 4 heterocycles. The van der Waals surface area contributed by atoms with Crippen LogP contribution in [0.4, 0.5) is 0 Å². The fraction of sp³-hybridized carbons (Fsp3) is 0. The molecule has 0 bridgehead atoms. The van der Waals surface area contributed by atoms with Crippen LogP contribution in [0.3, 0.4) is 0 Å². The zero-order valence-electron chi connectivity index (χ0n) is 54.6. The van der Waals surface area contributed by atoms with Crippen molar-refractivity contribution in [2.75, 3.05) is 0 Å². The van der Waals surface area contributed by atoms with Gasteiger partial charge in [-0.05, 0) is 199 Å². The van der Waals surface area contributed by atoms with Crippen molar-refractivity contribution in [1.29, 1.82) is 0 Å². The van der Waals surface area contributed by atoms with E-state index in [0.29, 0.717) is 0 Å². The Morgan fingerprint density at radius 2 is 0.270 bits per heavy atom. The van der Waals surface area contributed by atoms with E-state index in [1.165, 1.54) is 165 Å². The Bertz CT molecular complexity index is 6550. The Hall–Kier alpha value is -13.3. The van der Waals surface area contributed by atoms with Gasteiger partial charge in [0, 0.05) is 65.8 Å². The standard InChI is InChI=1S/C96H62N4/c1-3-15-63(16-4-1)65-27-29-66(30-28-65)70-37-49-78(50-38-70)98-90-24-12-8-20-82(90)86-61-75(45-56-94(86)98)76-46-58-96-88(62-76)84-22-10-14-26-92(84)100(96)80-53-41-72(42-54-80)68-33-31-67(32-34-68)71-39-51-79(52-40-71)99-91-25-13-9-21-83(91)87-60-74(44-57-95(87)99)73-43-55-93-85(59-73)81-19-7-11-23-89(81)97(93)77-47-35-69(36-48-77)64-17-5-2-6-18-64/h1-62H. The van der Waals surface area contributed by atoms with E-state index in [1.54, 1.807) is 0 Å². The number of hydrogen-bond acceptors (Lipinski definition) is 0. The van der Waals surface area contributed by atoms with E-state index < -0.39 is 0 Å². The summed E-state index contributed by atoms with van der Waals surface area (Å²) < 4.78 is 9.64. The second-order valence-electron chi connectivity index (χ2n) is 26.4. The summed E-state index contributed by atoms with van der Waals surface area (Å²) in [6.45, 7) is 0. The maximum Gasteiger partial charge on any atom is 0.0541 e. The largest absolute Gasteiger partial charge is 0.309 e. The first kappa shape index (κ1) is 57.0. The van der Waals surface area contributed by atoms with Crippen molar-refractivity contribution in [3.63, 3.8) is 0 Å². The van der Waals surface area contributed by atoms with Crippen LogP contribution in [0.2, 0.25) is 0 Å². The van der Waals surface area contributed by atoms with Crippen molar-refractivity contribution >= 4 is 87.2 Å². The van der Waals surface area contributed by atoms with E-state index in [9.17, 15) is 0 Å². The van der Waals surface area contributed by atoms with Crippen LogP contribution in [0.5, 0.6) is 0 Å². The minimum Gasteiger partial charge on any atom is -0.309 e. The quantitative estimate of drug-likeness (QED) is 0.123. The number of fused-ring (bicyclic) bond motifs is 12. The number of benzene rings is 16. The normalized spacial score (nSPS) is 11.8. The molecule has 4 nitrogen and oxygen atoms in total. The molecule has 20 aromatic rings. The van der Waals surface area contributed by atoms with Crippen molar-refractivity contribution in [3.05, 3.63) is 376 Å². The molecule has 100 heavy (non-hydrogen) atoms. The molecule has 0 fully saturated rings. The summed E-state index contributed by atoms with van der Waals surface area (Å²) in [6.07, 6.45) is 0. The fourth-order valence-electron chi connectivity index (χ4n) is 15.9. The Morgan fingerprint density at radius 3 is 0.490 bits per heavy atom. The molecule has 0 N–H and O–H groups in total.